The number of allylic oxidation sites excluding steroid dienone is 11. The van der Waals surface area contributed by atoms with Crippen molar-refractivity contribution in [3.8, 4) is 0 Å². The minimum absolute atomic E-state index is 0.0543. The number of unbranched alkanes of at least 4 members (excludes halogenated alkanes) is 1. The smallest absolute Gasteiger partial charge is 0.303 e. The highest BCUT2D eigenvalue weighted by Gasteiger charge is 2.28. The van der Waals surface area contributed by atoms with Gasteiger partial charge in [-0.3, -0.25) is 19.2 Å². The molecule has 0 aromatic rings. The molecule has 4 unspecified atom stereocenters. The summed E-state index contributed by atoms with van der Waals surface area (Å²) in [6.07, 6.45) is 27.8. The molecule has 0 aliphatic carbocycles. The molecule has 228 valence electrons. The van der Waals surface area contributed by atoms with Gasteiger partial charge in [-0.1, -0.05) is 91.8 Å². The normalized spacial score (nSPS) is 28.3. The van der Waals surface area contributed by atoms with Crippen LogP contribution in [0, 0.1) is 0 Å². The molecule has 0 fully saturated rings. The van der Waals surface area contributed by atoms with Crippen LogP contribution in [0.5, 0.6) is 0 Å². The second kappa shape index (κ2) is 21.5. The largest absolute Gasteiger partial charge is 0.458 e. The van der Waals surface area contributed by atoms with Crippen LogP contribution in [0.2, 0.25) is 0 Å². The van der Waals surface area contributed by atoms with E-state index >= 15 is 0 Å². The number of hydrogen-bond acceptors (Lipinski definition) is 7. The zero-order chi connectivity index (χ0) is 31.2. The van der Waals surface area contributed by atoms with Crippen LogP contribution in [0.3, 0.4) is 0 Å². The van der Waals surface area contributed by atoms with Crippen molar-refractivity contribution in [2.75, 3.05) is 0 Å². The minimum atomic E-state index is -0.943. The van der Waals surface area contributed by atoms with E-state index < -0.39 is 36.2 Å². The van der Waals surface area contributed by atoms with Gasteiger partial charge >= 0.3 is 17.9 Å². The van der Waals surface area contributed by atoms with E-state index in [9.17, 15) is 19.2 Å². The van der Waals surface area contributed by atoms with Crippen LogP contribution < -0.4 is 5.32 Å². The summed E-state index contributed by atoms with van der Waals surface area (Å²) in [4.78, 5) is 48.1. The lowest BCUT2D eigenvalue weighted by atomic mass is 10.0. The number of carbonyl (C=O) groups is 4. The summed E-state index contributed by atoms with van der Waals surface area (Å²) in [6, 6.07) is -0.0543. The van der Waals surface area contributed by atoms with Crippen molar-refractivity contribution in [1.82, 2.24) is 5.32 Å². The fourth-order valence-electron chi connectivity index (χ4n) is 3.87. The van der Waals surface area contributed by atoms with E-state index in [-0.39, 0.29) is 18.4 Å². The van der Waals surface area contributed by atoms with Crippen molar-refractivity contribution in [2.45, 2.75) is 91.1 Å². The molecular weight excluding hydrogens is 534 g/mol. The van der Waals surface area contributed by atoms with Crippen LogP contribution in [0.25, 0.3) is 0 Å². The highest BCUT2D eigenvalue weighted by atomic mass is 16.6. The standard InChI is InChI=1S/C34H45NO7/c1-6-7-8-11-20-30-21-16-14-18-26(2)19-15-17-22-31(40-27(3)36)25-33(42-29(5)38)32(41-28(4)37)23-12-9-10-13-24-34(39)35-30/h8-19,22-24,30-33H,6-7,20-21,25H2,1-5H3,(H,35,39)/b10-9+,11-8+,16-14+,19-15+,22-17-,23-12+,24-13+,26-18+. The Hall–Kier alpha value is -4.20. The predicted molar refractivity (Wildman–Crippen MR) is 165 cm³/mol. The molecule has 1 aliphatic heterocycles. The first-order valence-corrected chi connectivity index (χ1v) is 14.3. The van der Waals surface area contributed by atoms with Crippen molar-refractivity contribution in [3.05, 3.63) is 96.7 Å². The molecule has 0 bridgehead atoms. The van der Waals surface area contributed by atoms with Gasteiger partial charge in [0.1, 0.15) is 12.2 Å². The average Bonchev–Trinajstić information content (AvgIpc) is 2.90. The summed E-state index contributed by atoms with van der Waals surface area (Å²) in [6.45, 7) is 7.87. The topological polar surface area (TPSA) is 108 Å². The van der Waals surface area contributed by atoms with Crippen LogP contribution in [-0.4, -0.2) is 48.2 Å². The lowest BCUT2D eigenvalue weighted by molar-refractivity contribution is -0.165. The number of amides is 1. The average molecular weight is 580 g/mol. The summed E-state index contributed by atoms with van der Waals surface area (Å²) in [7, 11) is 0. The molecular formula is C34H45NO7. The Balaban J connectivity index is 3.37. The van der Waals surface area contributed by atoms with Crippen LogP contribution >= 0.6 is 0 Å². The third-order valence-corrected chi connectivity index (χ3v) is 5.75. The minimum Gasteiger partial charge on any atom is -0.458 e. The van der Waals surface area contributed by atoms with Crippen molar-refractivity contribution in [2.24, 2.45) is 0 Å². The second-order valence-electron chi connectivity index (χ2n) is 9.75. The van der Waals surface area contributed by atoms with Gasteiger partial charge < -0.3 is 19.5 Å². The third-order valence-electron chi connectivity index (χ3n) is 5.75. The number of hydrogen-bond donors (Lipinski definition) is 1. The van der Waals surface area contributed by atoms with E-state index in [2.05, 4.69) is 24.4 Å². The monoisotopic (exact) mass is 579 g/mol. The molecule has 0 radical (unpaired) electrons. The number of rotatable bonds is 7. The zero-order valence-electron chi connectivity index (χ0n) is 25.4. The summed E-state index contributed by atoms with van der Waals surface area (Å²) in [5, 5.41) is 3.05. The molecule has 4 atom stereocenters. The Kier molecular flexibility index (Phi) is 18.4. The molecule has 1 amide bonds. The number of nitrogens with one attached hydrogen (secondary N) is 1. The Morgan fingerprint density at radius 2 is 1.52 bits per heavy atom. The first-order valence-electron chi connectivity index (χ1n) is 14.3. The third kappa shape index (κ3) is 18.2. The van der Waals surface area contributed by atoms with Gasteiger partial charge in [0.25, 0.3) is 0 Å². The van der Waals surface area contributed by atoms with E-state index in [1.165, 1.54) is 26.8 Å². The van der Waals surface area contributed by atoms with Gasteiger partial charge in [-0.15, -0.1) is 0 Å². The van der Waals surface area contributed by atoms with E-state index in [1.807, 2.05) is 37.3 Å². The fourth-order valence-corrected chi connectivity index (χ4v) is 3.87. The number of carbonyl (C=O) groups excluding carboxylic acids is 4. The summed E-state index contributed by atoms with van der Waals surface area (Å²) in [5.41, 5.74) is 0.984. The molecule has 0 aromatic heterocycles. The molecule has 1 rings (SSSR count). The molecule has 8 heteroatoms. The van der Waals surface area contributed by atoms with Gasteiger partial charge in [0.15, 0.2) is 6.10 Å². The van der Waals surface area contributed by atoms with Crippen molar-refractivity contribution in [3.63, 3.8) is 0 Å². The number of ether oxygens (including phenoxy) is 3. The van der Waals surface area contributed by atoms with E-state index in [0.717, 1.165) is 24.8 Å². The summed E-state index contributed by atoms with van der Waals surface area (Å²) >= 11 is 0. The Bertz CT molecular complexity index is 1120. The molecule has 0 saturated heterocycles. The number of esters is 3. The van der Waals surface area contributed by atoms with Gasteiger partial charge in [0.05, 0.1) is 0 Å². The Morgan fingerprint density at radius 3 is 2.21 bits per heavy atom. The lowest BCUT2D eigenvalue weighted by Crippen LogP contribution is -2.36. The zero-order valence-corrected chi connectivity index (χ0v) is 25.4. The molecule has 1 N–H and O–H groups in total. The summed E-state index contributed by atoms with van der Waals surface area (Å²) < 4.78 is 16.3. The van der Waals surface area contributed by atoms with Gasteiger partial charge in [0.2, 0.25) is 5.91 Å². The van der Waals surface area contributed by atoms with Crippen LogP contribution in [0.1, 0.15) is 66.7 Å². The molecule has 0 aromatic carbocycles. The fraction of sp³-hybridized carbons (Fsp3) is 0.412. The van der Waals surface area contributed by atoms with E-state index in [1.54, 1.807) is 42.5 Å². The first-order chi connectivity index (χ1) is 20.1. The Labute approximate surface area is 250 Å². The maximum atomic E-state index is 12.5. The Morgan fingerprint density at radius 1 is 0.857 bits per heavy atom. The van der Waals surface area contributed by atoms with Crippen molar-refractivity contribution >= 4 is 23.8 Å². The highest BCUT2D eigenvalue weighted by Crippen LogP contribution is 2.17. The molecule has 0 spiro atoms. The first kappa shape index (κ1) is 35.8. The maximum Gasteiger partial charge on any atom is 0.303 e. The van der Waals surface area contributed by atoms with Crippen molar-refractivity contribution in [1.29, 1.82) is 0 Å². The predicted octanol–water partition coefficient (Wildman–Crippen LogP) is 6.09. The lowest BCUT2D eigenvalue weighted by Gasteiger charge is -2.26. The van der Waals surface area contributed by atoms with Gasteiger partial charge in [-0.2, -0.15) is 0 Å². The van der Waals surface area contributed by atoms with Gasteiger partial charge in [0, 0.05) is 39.3 Å². The molecule has 1 heterocycles. The maximum absolute atomic E-state index is 12.5. The van der Waals surface area contributed by atoms with E-state index in [4.69, 9.17) is 14.2 Å². The van der Waals surface area contributed by atoms with Gasteiger partial charge in [-0.25, -0.2) is 0 Å². The van der Waals surface area contributed by atoms with E-state index in [0.29, 0.717) is 6.42 Å². The molecule has 8 nitrogen and oxygen atoms in total. The van der Waals surface area contributed by atoms with Gasteiger partial charge in [-0.05, 0) is 38.3 Å². The molecule has 42 heavy (non-hydrogen) atoms. The second-order valence-corrected chi connectivity index (χ2v) is 9.75. The molecule has 1 aliphatic rings. The quantitative estimate of drug-likeness (QED) is 0.221. The summed E-state index contributed by atoms with van der Waals surface area (Å²) in [5.74, 6) is -1.86. The van der Waals surface area contributed by atoms with Crippen LogP contribution in [0.4, 0.5) is 0 Å². The van der Waals surface area contributed by atoms with Crippen molar-refractivity contribution < 1.29 is 33.4 Å². The van der Waals surface area contributed by atoms with Crippen LogP contribution in [-0.2, 0) is 33.4 Å². The van der Waals surface area contributed by atoms with Crippen LogP contribution in [0.15, 0.2) is 96.7 Å². The highest BCUT2D eigenvalue weighted by molar-refractivity contribution is 5.88. The SMILES string of the molecule is CCC/C=C/CC1C/C=C/C=C(C)/C=C/C=C\C(OC(C)=O)CC(OC(C)=O)C(OC(C)=O)/C=C/C=C/C=C/C(=O)N1. The molecule has 0 saturated carbocycles.